The first-order valence-corrected chi connectivity index (χ1v) is 7.62. The zero-order chi connectivity index (χ0) is 15.7. The van der Waals surface area contributed by atoms with E-state index in [0.29, 0.717) is 31.1 Å². The lowest BCUT2D eigenvalue weighted by Crippen LogP contribution is -2.35. The van der Waals surface area contributed by atoms with Crippen molar-refractivity contribution < 1.29 is 14.3 Å². The molecular weight excluding hydrogens is 290 g/mol. The predicted molar refractivity (Wildman–Crippen MR) is 83.3 cm³/mol. The van der Waals surface area contributed by atoms with E-state index >= 15 is 0 Å². The van der Waals surface area contributed by atoms with Gasteiger partial charge in [0.1, 0.15) is 0 Å². The number of amides is 1. The van der Waals surface area contributed by atoms with Crippen LogP contribution in [-0.2, 0) is 20.7 Å². The summed E-state index contributed by atoms with van der Waals surface area (Å²) in [6.07, 6.45) is 1.41. The van der Waals surface area contributed by atoms with Gasteiger partial charge >= 0.3 is 5.97 Å². The molecule has 0 N–H and O–H groups in total. The molecule has 1 aromatic rings. The zero-order valence-corrected chi connectivity index (χ0v) is 13.4. The molecule has 116 valence electrons. The van der Waals surface area contributed by atoms with Crippen molar-refractivity contribution >= 4 is 23.5 Å². The topological polar surface area (TPSA) is 46.6 Å². The van der Waals surface area contributed by atoms with Crippen molar-refractivity contribution in [1.29, 1.82) is 0 Å². The van der Waals surface area contributed by atoms with Crippen LogP contribution >= 0.6 is 11.6 Å². The molecule has 0 aliphatic rings. The average Bonchev–Trinajstić information content (AvgIpc) is 2.46. The number of carbonyl (C=O) groups excluding carboxylic acids is 2. The van der Waals surface area contributed by atoms with Gasteiger partial charge in [0.15, 0.2) is 0 Å². The number of nitrogens with zero attached hydrogens (tertiary/aromatic N) is 1. The quantitative estimate of drug-likeness (QED) is 0.693. The van der Waals surface area contributed by atoms with Crippen LogP contribution in [0.15, 0.2) is 24.3 Å². The van der Waals surface area contributed by atoms with Gasteiger partial charge < -0.3 is 9.64 Å². The molecule has 0 spiro atoms. The fourth-order valence-corrected chi connectivity index (χ4v) is 2.11. The van der Waals surface area contributed by atoms with Crippen LogP contribution < -0.4 is 0 Å². The van der Waals surface area contributed by atoms with E-state index in [1.165, 1.54) is 0 Å². The Balaban J connectivity index is 2.55. The minimum atomic E-state index is -0.266. The van der Waals surface area contributed by atoms with Crippen molar-refractivity contribution in [3.8, 4) is 0 Å². The second-order valence-corrected chi connectivity index (χ2v) is 5.18. The molecule has 0 bridgehead atoms. The Labute approximate surface area is 131 Å². The van der Waals surface area contributed by atoms with Gasteiger partial charge in [0, 0.05) is 18.1 Å². The molecule has 0 saturated heterocycles. The second kappa shape index (κ2) is 9.40. The van der Waals surface area contributed by atoms with E-state index in [0.717, 1.165) is 12.0 Å². The van der Waals surface area contributed by atoms with Gasteiger partial charge in [0.25, 0.3) is 0 Å². The van der Waals surface area contributed by atoms with Crippen LogP contribution in [0.4, 0.5) is 0 Å². The molecule has 0 aliphatic heterocycles. The van der Waals surface area contributed by atoms with Crippen molar-refractivity contribution in [2.45, 2.75) is 33.1 Å². The van der Waals surface area contributed by atoms with E-state index in [-0.39, 0.29) is 18.3 Å². The Hall–Kier alpha value is -1.55. The van der Waals surface area contributed by atoms with Crippen LogP contribution in [0.5, 0.6) is 0 Å². The van der Waals surface area contributed by atoms with Gasteiger partial charge in [-0.05, 0) is 31.0 Å². The maximum absolute atomic E-state index is 12.3. The number of benzene rings is 1. The molecule has 1 amide bonds. The smallest absolute Gasteiger partial charge is 0.307 e. The second-order valence-electron chi connectivity index (χ2n) is 4.74. The zero-order valence-electron chi connectivity index (χ0n) is 12.6. The van der Waals surface area contributed by atoms with Gasteiger partial charge in [0.2, 0.25) is 5.91 Å². The predicted octanol–water partition coefficient (Wildman–Crippen LogP) is 3.07. The van der Waals surface area contributed by atoms with Crippen LogP contribution in [0.1, 0.15) is 32.3 Å². The number of rotatable bonds is 8. The summed E-state index contributed by atoms with van der Waals surface area (Å²) in [6.45, 7) is 5.19. The van der Waals surface area contributed by atoms with Crippen molar-refractivity contribution in [3.05, 3.63) is 34.9 Å². The summed E-state index contributed by atoms with van der Waals surface area (Å²) < 4.78 is 4.89. The van der Waals surface area contributed by atoms with E-state index in [1.807, 2.05) is 19.1 Å². The number of ether oxygens (including phenoxy) is 1. The Morgan fingerprint density at radius 3 is 2.38 bits per heavy atom. The SMILES string of the molecule is CCCN(CCC(=O)OCC)C(=O)Cc1ccc(Cl)cc1. The molecule has 1 rings (SSSR count). The summed E-state index contributed by atoms with van der Waals surface area (Å²) in [5.74, 6) is -0.249. The fraction of sp³-hybridized carbons (Fsp3) is 0.500. The fourth-order valence-electron chi connectivity index (χ4n) is 1.98. The third kappa shape index (κ3) is 6.63. The molecule has 0 radical (unpaired) electrons. The third-order valence-corrected chi connectivity index (χ3v) is 3.26. The minimum Gasteiger partial charge on any atom is -0.466 e. The maximum Gasteiger partial charge on any atom is 0.307 e. The number of esters is 1. The Morgan fingerprint density at radius 1 is 1.14 bits per heavy atom. The normalized spacial score (nSPS) is 10.2. The highest BCUT2D eigenvalue weighted by Crippen LogP contribution is 2.11. The van der Waals surface area contributed by atoms with E-state index in [2.05, 4.69) is 0 Å². The van der Waals surface area contributed by atoms with E-state index in [9.17, 15) is 9.59 Å². The highest BCUT2D eigenvalue weighted by molar-refractivity contribution is 6.30. The first-order chi connectivity index (χ1) is 10.1. The third-order valence-electron chi connectivity index (χ3n) is 3.01. The molecule has 5 heteroatoms. The molecule has 0 aromatic heterocycles. The molecule has 0 aliphatic carbocycles. The van der Waals surface area contributed by atoms with Gasteiger partial charge in [-0.1, -0.05) is 30.7 Å². The summed E-state index contributed by atoms with van der Waals surface area (Å²) in [4.78, 5) is 25.4. The van der Waals surface area contributed by atoms with Gasteiger partial charge in [0.05, 0.1) is 19.4 Å². The summed E-state index contributed by atoms with van der Waals surface area (Å²) in [5, 5.41) is 0.652. The lowest BCUT2D eigenvalue weighted by molar-refractivity contribution is -0.144. The summed E-state index contributed by atoms with van der Waals surface area (Å²) in [7, 11) is 0. The molecule has 4 nitrogen and oxygen atoms in total. The van der Waals surface area contributed by atoms with Crippen molar-refractivity contribution in [2.75, 3.05) is 19.7 Å². The lowest BCUT2D eigenvalue weighted by atomic mass is 10.1. The van der Waals surface area contributed by atoms with Crippen LogP contribution in [0.25, 0.3) is 0 Å². The van der Waals surface area contributed by atoms with E-state index < -0.39 is 0 Å². The van der Waals surface area contributed by atoms with Gasteiger partial charge in [-0.3, -0.25) is 9.59 Å². The highest BCUT2D eigenvalue weighted by Gasteiger charge is 2.15. The molecule has 0 saturated carbocycles. The number of hydrogen-bond acceptors (Lipinski definition) is 3. The number of halogens is 1. The lowest BCUT2D eigenvalue weighted by Gasteiger charge is -2.21. The van der Waals surface area contributed by atoms with Gasteiger partial charge in [-0.15, -0.1) is 0 Å². The van der Waals surface area contributed by atoms with E-state index in [1.54, 1.807) is 24.0 Å². The monoisotopic (exact) mass is 311 g/mol. The summed E-state index contributed by atoms with van der Waals surface area (Å²) in [5.41, 5.74) is 0.918. The summed E-state index contributed by atoms with van der Waals surface area (Å²) in [6, 6.07) is 7.23. The Bertz CT molecular complexity index is 459. The minimum absolute atomic E-state index is 0.0171. The van der Waals surface area contributed by atoms with E-state index in [4.69, 9.17) is 16.3 Å². The molecule has 0 atom stereocenters. The van der Waals surface area contributed by atoms with Crippen molar-refractivity contribution in [1.82, 2.24) is 4.90 Å². The Kier molecular flexibility index (Phi) is 7.83. The first kappa shape index (κ1) is 17.5. The molecular formula is C16H22ClNO3. The van der Waals surface area contributed by atoms with Crippen LogP contribution in [-0.4, -0.2) is 36.5 Å². The standard InChI is InChI=1S/C16H22ClNO3/c1-3-10-18(11-9-16(20)21-4-2)15(19)12-13-5-7-14(17)8-6-13/h5-8H,3-4,9-12H2,1-2H3. The molecule has 0 fully saturated rings. The van der Waals surface area contributed by atoms with Crippen LogP contribution in [0.3, 0.4) is 0 Å². The average molecular weight is 312 g/mol. The van der Waals surface area contributed by atoms with Crippen LogP contribution in [0, 0.1) is 0 Å². The van der Waals surface area contributed by atoms with Crippen LogP contribution in [0.2, 0.25) is 5.02 Å². The van der Waals surface area contributed by atoms with Gasteiger partial charge in [-0.2, -0.15) is 0 Å². The highest BCUT2D eigenvalue weighted by atomic mass is 35.5. The first-order valence-electron chi connectivity index (χ1n) is 7.24. The summed E-state index contributed by atoms with van der Waals surface area (Å²) >= 11 is 5.83. The number of carbonyl (C=O) groups is 2. The van der Waals surface area contributed by atoms with Gasteiger partial charge in [-0.25, -0.2) is 0 Å². The number of hydrogen-bond donors (Lipinski definition) is 0. The van der Waals surface area contributed by atoms with Crippen molar-refractivity contribution in [2.24, 2.45) is 0 Å². The van der Waals surface area contributed by atoms with Crippen molar-refractivity contribution in [3.63, 3.8) is 0 Å². The Morgan fingerprint density at radius 2 is 1.81 bits per heavy atom. The molecule has 0 unspecified atom stereocenters. The maximum atomic E-state index is 12.3. The molecule has 0 heterocycles. The molecule has 1 aromatic carbocycles. The largest absolute Gasteiger partial charge is 0.466 e. The molecule has 21 heavy (non-hydrogen) atoms.